The van der Waals surface area contributed by atoms with E-state index in [9.17, 15) is 0 Å². The number of nitrogens with two attached hydrogens (primary N) is 1. The van der Waals surface area contributed by atoms with E-state index in [-0.39, 0.29) is 0 Å². The molecule has 1 saturated heterocycles. The van der Waals surface area contributed by atoms with Gasteiger partial charge in [-0.2, -0.15) is 0 Å². The second kappa shape index (κ2) is 6.88. The number of likely N-dealkylation sites (tertiary alicyclic amines) is 1. The monoisotopic (exact) mass is 280 g/mol. The molecule has 0 spiro atoms. The Hall–Kier alpha value is -1.64. The molecule has 0 saturated carbocycles. The number of rotatable bonds is 4. The maximum atomic E-state index is 5.78. The Morgan fingerprint density at radius 3 is 2.29 bits per heavy atom. The van der Waals surface area contributed by atoms with Crippen LogP contribution in [0.2, 0.25) is 0 Å². The highest BCUT2D eigenvalue weighted by Gasteiger charge is 2.18. The van der Waals surface area contributed by atoms with Crippen LogP contribution in [0.1, 0.15) is 18.4 Å². The Labute approximate surface area is 127 Å². The van der Waals surface area contributed by atoms with E-state index in [0.29, 0.717) is 0 Å². The molecule has 0 unspecified atom stereocenters. The molecule has 1 fully saturated rings. The summed E-state index contributed by atoms with van der Waals surface area (Å²) in [6.45, 7) is 4.23. The number of hydrogen-bond acceptors (Lipinski definition) is 2. The number of hydrogen-bond donors (Lipinski definition) is 1. The summed E-state index contributed by atoms with van der Waals surface area (Å²) in [4.78, 5) is 2.56. The molecule has 0 amide bonds. The lowest BCUT2D eigenvalue weighted by Gasteiger charge is -2.31. The van der Waals surface area contributed by atoms with Crippen molar-refractivity contribution in [2.45, 2.75) is 19.4 Å². The van der Waals surface area contributed by atoms with Crippen molar-refractivity contribution in [1.82, 2.24) is 4.90 Å². The molecular formula is C19H24N2. The normalized spacial score (nSPS) is 17.0. The molecule has 2 N–H and O–H groups in total. The van der Waals surface area contributed by atoms with Crippen molar-refractivity contribution < 1.29 is 0 Å². The van der Waals surface area contributed by atoms with Crippen LogP contribution in [0, 0.1) is 5.92 Å². The average molecular weight is 280 g/mol. The second-order valence-corrected chi connectivity index (χ2v) is 5.98. The molecule has 2 aromatic rings. The van der Waals surface area contributed by atoms with Gasteiger partial charge in [-0.05, 0) is 55.1 Å². The van der Waals surface area contributed by atoms with E-state index >= 15 is 0 Å². The first-order valence-electron chi connectivity index (χ1n) is 7.92. The third-order valence-corrected chi connectivity index (χ3v) is 4.54. The molecule has 0 atom stereocenters. The molecule has 2 nitrogen and oxygen atoms in total. The summed E-state index contributed by atoms with van der Waals surface area (Å²) in [7, 11) is 0. The van der Waals surface area contributed by atoms with Crippen LogP contribution in [0.3, 0.4) is 0 Å². The Bertz CT molecular complexity index is 557. The van der Waals surface area contributed by atoms with Gasteiger partial charge in [0.1, 0.15) is 0 Å². The smallest absolute Gasteiger partial charge is 0.0239 e. The highest BCUT2D eigenvalue weighted by molar-refractivity contribution is 5.67. The van der Waals surface area contributed by atoms with E-state index in [1.165, 1.54) is 42.6 Å². The first kappa shape index (κ1) is 14.3. The van der Waals surface area contributed by atoms with Gasteiger partial charge in [-0.1, -0.05) is 54.6 Å². The summed E-state index contributed by atoms with van der Waals surface area (Å²) < 4.78 is 0. The van der Waals surface area contributed by atoms with E-state index in [2.05, 4.69) is 59.5 Å². The molecular weight excluding hydrogens is 256 g/mol. The molecule has 2 heteroatoms. The van der Waals surface area contributed by atoms with Crippen molar-refractivity contribution >= 4 is 0 Å². The summed E-state index contributed by atoms with van der Waals surface area (Å²) in [6.07, 6.45) is 2.48. The molecule has 1 aliphatic heterocycles. The Balaban J connectivity index is 1.75. The van der Waals surface area contributed by atoms with E-state index in [1.807, 2.05) is 0 Å². The fourth-order valence-corrected chi connectivity index (χ4v) is 3.18. The lowest BCUT2D eigenvalue weighted by molar-refractivity contribution is 0.180. The van der Waals surface area contributed by atoms with Crippen molar-refractivity contribution in [3.05, 3.63) is 60.2 Å². The molecule has 2 aromatic carbocycles. The predicted molar refractivity (Wildman–Crippen MR) is 88.9 cm³/mol. The van der Waals surface area contributed by atoms with E-state index in [1.54, 1.807) is 0 Å². The summed E-state index contributed by atoms with van der Waals surface area (Å²) in [5, 5.41) is 0. The van der Waals surface area contributed by atoms with E-state index in [4.69, 9.17) is 5.73 Å². The fourth-order valence-electron chi connectivity index (χ4n) is 3.18. The minimum Gasteiger partial charge on any atom is -0.330 e. The molecule has 0 aromatic heterocycles. The third kappa shape index (κ3) is 3.52. The van der Waals surface area contributed by atoms with Crippen LogP contribution >= 0.6 is 0 Å². The fraction of sp³-hybridized carbons (Fsp3) is 0.368. The minimum atomic E-state index is 0.727. The molecule has 21 heavy (non-hydrogen) atoms. The van der Waals surface area contributed by atoms with Crippen LogP contribution in [0.25, 0.3) is 11.1 Å². The number of piperidine rings is 1. The Morgan fingerprint density at radius 1 is 0.905 bits per heavy atom. The minimum absolute atomic E-state index is 0.727. The quantitative estimate of drug-likeness (QED) is 0.928. The summed E-state index contributed by atoms with van der Waals surface area (Å²) in [5.41, 5.74) is 9.88. The maximum Gasteiger partial charge on any atom is 0.0239 e. The van der Waals surface area contributed by atoms with Crippen LogP contribution in [-0.2, 0) is 6.54 Å². The maximum absolute atomic E-state index is 5.78. The van der Waals surface area contributed by atoms with Crippen molar-refractivity contribution in [3.8, 4) is 11.1 Å². The molecule has 3 rings (SSSR count). The average Bonchev–Trinajstić information content (AvgIpc) is 2.57. The van der Waals surface area contributed by atoms with Gasteiger partial charge in [0.25, 0.3) is 0 Å². The highest BCUT2D eigenvalue weighted by Crippen LogP contribution is 2.26. The van der Waals surface area contributed by atoms with Gasteiger partial charge < -0.3 is 5.73 Å². The lowest BCUT2D eigenvalue weighted by Crippen LogP contribution is -2.35. The van der Waals surface area contributed by atoms with Gasteiger partial charge >= 0.3 is 0 Å². The summed E-state index contributed by atoms with van der Waals surface area (Å²) in [6, 6.07) is 19.5. The van der Waals surface area contributed by atoms with Gasteiger partial charge in [-0.3, -0.25) is 4.90 Å². The van der Waals surface area contributed by atoms with Gasteiger partial charge in [0.05, 0.1) is 0 Å². The van der Waals surface area contributed by atoms with Crippen molar-refractivity contribution in [2.24, 2.45) is 11.7 Å². The summed E-state index contributed by atoms with van der Waals surface area (Å²) >= 11 is 0. The zero-order valence-electron chi connectivity index (χ0n) is 12.5. The van der Waals surface area contributed by atoms with Gasteiger partial charge in [0.2, 0.25) is 0 Å². The van der Waals surface area contributed by atoms with Gasteiger partial charge in [0, 0.05) is 6.54 Å². The first-order chi connectivity index (χ1) is 10.4. The first-order valence-corrected chi connectivity index (χ1v) is 7.92. The molecule has 0 bridgehead atoms. The van der Waals surface area contributed by atoms with Crippen molar-refractivity contribution in [1.29, 1.82) is 0 Å². The predicted octanol–water partition coefficient (Wildman–Crippen LogP) is 3.52. The zero-order chi connectivity index (χ0) is 14.5. The molecule has 0 aliphatic carbocycles. The van der Waals surface area contributed by atoms with Gasteiger partial charge in [-0.15, -0.1) is 0 Å². The van der Waals surface area contributed by atoms with Crippen LogP contribution in [0.4, 0.5) is 0 Å². The van der Waals surface area contributed by atoms with E-state index < -0.39 is 0 Å². The topological polar surface area (TPSA) is 29.3 Å². The molecule has 1 heterocycles. The highest BCUT2D eigenvalue weighted by atomic mass is 15.1. The second-order valence-electron chi connectivity index (χ2n) is 5.98. The zero-order valence-corrected chi connectivity index (χ0v) is 12.5. The van der Waals surface area contributed by atoms with E-state index in [0.717, 1.165) is 19.0 Å². The van der Waals surface area contributed by atoms with Crippen molar-refractivity contribution in [3.63, 3.8) is 0 Å². The SMILES string of the molecule is NCC1CCN(Cc2ccccc2-c2ccccc2)CC1. The largest absolute Gasteiger partial charge is 0.330 e. The Morgan fingerprint density at radius 2 is 1.57 bits per heavy atom. The van der Waals surface area contributed by atoms with Crippen LogP contribution in [0.5, 0.6) is 0 Å². The Kier molecular flexibility index (Phi) is 4.69. The van der Waals surface area contributed by atoms with Crippen molar-refractivity contribution in [2.75, 3.05) is 19.6 Å². The lowest BCUT2D eigenvalue weighted by atomic mass is 9.95. The van der Waals surface area contributed by atoms with Crippen LogP contribution in [0.15, 0.2) is 54.6 Å². The van der Waals surface area contributed by atoms with Gasteiger partial charge in [0.15, 0.2) is 0 Å². The molecule has 0 radical (unpaired) electrons. The molecule has 1 aliphatic rings. The standard InChI is InChI=1S/C19H24N2/c20-14-16-10-12-21(13-11-16)15-18-8-4-5-9-19(18)17-6-2-1-3-7-17/h1-9,16H,10-15,20H2. The number of benzene rings is 2. The molecule has 110 valence electrons. The summed E-state index contributed by atoms with van der Waals surface area (Å²) in [5.74, 6) is 0.727. The van der Waals surface area contributed by atoms with Crippen LogP contribution in [-0.4, -0.2) is 24.5 Å². The van der Waals surface area contributed by atoms with Crippen LogP contribution < -0.4 is 5.73 Å². The third-order valence-electron chi connectivity index (χ3n) is 4.54. The van der Waals surface area contributed by atoms with Gasteiger partial charge in [-0.25, -0.2) is 0 Å². The number of nitrogens with zero attached hydrogens (tertiary/aromatic N) is 1.